The summed E-state index contributed by atoms with van der Waals surface area (Å²) in [6, 6.07) is 7.23. The van der Waals surface area contributed by atoms with Crippen LogP contribution in [0.2, 0.25) is 0 Å². The molecular weight excluding hydrogens is 242 g/mol. The summed E-state index contributed by atoms with van der Waals surface area (Å²) in [5, 5.41) is 0. The van der Waals surface area contributed by atoms with E-state index in [2.05, 4.69) is 0 Å². The summed E-state index contributed by atoms with van der Waals surface area (Å²) in [6.45, 7) is 5.77. The van der Waals surface area contributed by atoms with Crippen molar-refractivity contribution in [1.82, 2.24) is 4.90 Å². The van der Waals surface area contributed by atoms with Crippen molar-refractivity contribution < 1.29 is 14.3 Å². The predicted molar refractivity (Wildman–Crippen MR) is 75.9 cm³/mol. The number of carbonyl (C=O) groups is 1. The summed E-state index contributed by atoms with van der Waals surface area (Å²) in [6.07, 6.45) is 0.225. The van der Waals surface area contributed by atoms with Crippen molar-refractivity contribution in [2.24, 2.45) is 0 Å². The van der Waals surface area contributed by atoms with Crippen molar-refractivity contribution in [2.45, 2.75) is 20.0 Å². The van der Waals surface area contributed by atoms with Gasteiger partial charge in [0, 0.05) is 12.1 Å². The maximum absolute atomic E-state index is 12.1. The molecule has 19 heavy (non-hydrogen) atoms. The van der Waals surface area contributed by atoms with Gasteiger partial charge in [0.05, 0.1) is 26.4 Å². The van der Waals surface area contributed by atoms with E-state index in [1.807, 2.05) is 44.0 Å². The van der Waals surface area contributed by atoms with Gasteiger partial charge in [-0.15, -0.1) is 0 Å². The lowest BCUT2D eigenvalue weighted by molar-refractivity contribution is 0.0619. The summed E-state index contributed by atoms with van der Waals surface area (Å²) in [7, 11) is 3.51. The van der Waals surface area contributed by atoms with Crippen molar-refractivity contribution in [1.29, 1.82) is 0 Å². The molecule has 0 radical (unpaired) electrons. The van der Waals surface area contributed by atoms with E-state index in [9.17, 15) is 4.79 Å². The average molecular weight is 265 g/mol. The Balaban J connectivity index is 2.45. The highest BCUT2D eigenvalue weighted by molar-refractivity contribution is 5.97. The first-order valence-corrected chi connectivity index (χ1v) is 6.50. The van der Waals surface area contributed by atoms with E-state index in [0.717, 1.165) is 6.54 Å². The second kappa shape index (κ2) is 7.92. The molecule has 0 unspecified atom stereocenters. The Morgan fingerprint density at radius 2 is 2.11 bits per heavy atom. The third kappa shape index (κ3) is 5.85. The fourth-order valence-electron chi connectivity index (χ4n) is 1.66. The van der Waals surface area contributed by atoms with Crippen molar-refractivity contribution in [2.75, 3.05) is 33.9 Å². The molecule has 4 nitrogen and oxygen atoms in total. The van der Waals surface area contributed by atoms with E-state index in [4.69, 9.17) is 9.47 Å². The molecule has 1 aromatic carbocycles. The minimum absolute atomic E-state index is 0.0888. The number of hydrogen-bond acceptors (Lipinski definition) is 4. The Morgan fingerprint density at radius 3 is 2.74 bits per heavy atom. The number of rotatable bonds is 8. The van der Waals surface area contributed by atoms with Crippen LogP contribution in [0.4, 0.5) is 0 Å². The number of ketones is 1. The average Bonchev–Trinajstić information content (AvgIpc) is 2.38. The molecule has 1 rings (SSSR count). The van der Waals surface area contributed by atoms with Crippen LogP contribution in [-0.4, -0.2) is 50.6 Å². The van der Waals surface area contributed by atoms with E-state index in [0.29, 0.717) is 24.5 Å². The van der Waals surface area contributed by atoms with Crippen LogP contribution in [0.15, 0.2) is 24.3 Å². The molecular formula is C15H23NO3. The number of likely N-dealkylation sites (N-methyl/N-ethyl adjacent to an activating group) is 1. The van der Waals surface area contributed by atoms with E-state index in [1.165, 1.54) is 0 Å². The fraction of sp³-hybridized carbons (Fsp3) is 0.533. The Kier molecular flexibility index (Phi) is 6.53. The molecule has 0 spiro atoms. The molecule has 0 aliphatic carbocycles. The topological polar surface area (TPSA) is 38.8 Å². The van der Waals surface area contributed by atoms with Crippen LogP contribution in [0, 0.1) is 0 Å². The molecule has 0 aromatic heterocycles. The van der Waals surface area contributed by atoms with Crippen molar-refractivity contribution >= 4 is 5.78 Å². The zero-order valence-electron chi connectivity index (χ0n) is 12.2. The third-order valence-corrected chi connectivity index (χ3v) is 2.73. The van der Waals surface area contributed by atoms with Crippen LogP contribution in [0.3, 0.4) is 0 Å². The lowest BCUT2D eigenvalue weighted by Gasteiger charge is -2.17. The predicted octanol–water partition coefficient (Wildman–Crippen LogP) is 2.23. The minimum Gasteiger partial charge on any atom is -0.497 e. The first kappa shape index (κ1) is 15.7. The number of hydrogen-bond donors (Lipinski definition) is 0. The third-order valence-electron chi connectivity index (χ3n) is 2.73. The van der Waals surface area contributed by atoms with Gasteiger partial charge in [-0.05, 0) is 33.0 Å². The first-order valence-electron chi connectivity index (χ1n) is 6.50. The number of benzene rings is 1. The van der Waals surface area contributed by atoms with Gasteiger partial charge in [-0.2, -0.15) is 0 Å². The van der Waals surface area contributed by atoms with Gasteiger partial charge in [0.15, 0.2) is 5.78 Å². The standard InChI is InChI=1S/C15H23NO3/c1-12(2)19-9-8-16(3)11-15(17)13-6-5-7-14(10-13)18-4/h5-7,10,12H,8-9,11H2,1-4H3. The van der Waals surface area contributed by atoms with Crippen LogP contribution in [0.25, 0.3) is 0 Å². The van der Waals surface area contributed by atoms with Crippen LogP contribution in [0.5, 0.6) is 5.75 Å². The second-order valence-electron chi connectivity index (χ2n) is 4.81. The molecule has 0 heterocycles. The molecule has 0 bridgehead atoms. The molecule has 4 heteroatoms. The fourth-order valence-corrected chi connectivity index (χ4v) is 1.66. The maximum Gasteiger partial charge on any atom is 0.176 e. The van der Waals surface area contributed by atoms with Crippen LogP contribution < -0.4 is 4.74 Å². The van der Waals surface area contributed by atoms with Gasteiger partial charge >= 0.3 is 0 Å². The molecule has 0 atom stereocenters. The first-order chi connectivity index (χ1) is 9.02. The minimum atomic E-state index is 0.0888. The number of methoxy groups -OCH3 is 1. The summed E-state index contributed by atoms with van der Waals surface area (Å²) in [5.74, 6) is 0.794. The Labute approximate surface area is 115 Å². The Hall–Kier alpha value is -1.39. The molecule has 0 fully saturated rings. The quantitative estimate of drug-likeness (QED) is 0.676. The van der Waals surface area contributed by atoms with Crippen LogP contribution >= 0.6 is 0 Å². The van der Waals surface area contributed by atoms with Crippen LogP contribution in [0.1, 0.15) is 24.2 Å². The summed E-state index contributed by atoms with van der Waals surface area (Å²) >= 11 is 0. The smallest absolute Gasteiger partial charge is 0.176 e. The zero-order valence-corrected chi connectivity index (χ0v) is 12.2. The maximum atomic E-state index is 12.1. The van der Waals surface area contributed by atoms with Crippen molar-refractivity contribution in [3.05, 3.63) is 29.8 Å². The lowest BCUT2D eigenvalue weighted by atomic mass is 10.1. The highest BCUT2D eigenvalue weighted by atomic mass is 16.5. The van der Waals surface area contributed by atoms with E-state index in [1.54, 1.807) is 13.2 Å². The highest BCUT2D eigenvalue weighted by Gasteiger charge is 2.10. The molecule has 1 aromatic rings. The van der Waals surface area contributed by atoms with Gasteiger partial charge in [-0.25, -0.2) is 0 Å². The normalized spacial score (nSPS) is 11.1. The van der Waals surface area contributed by atoms with Crippen molar-refractivity contribution in [3.63, 3.8) is 0 Å². The Bertz CT molecular complexity index is 404. The van der Waals surface area contributed by atoms with Gasteiger partial charge in [0.2, 0.25) is 0 Å². The van der Waals surface area contributed by atoms with Gasteiger partial charge in [-0.1, -0.05) is 12.1 Å². The molecule has 0 saturated heterocycles. The van der Waals surface area contributed by atoms with Gasteiger partial charge in [-0.3, -0.25) is 9.69 Å². The summed E-state index contributed by atoms with van der Waals surface area (Å²) in [4.78, 5) is 14.0. The Morgan fingerprint density at radius 1 is 1.37 bits per heavy atom. The molecule has 0 amide bonds. The van der Waals surface area contributed by atoms with Gasteiger partial charge in [0.1, 0.15) is 5.75 Å². The van der Waals surface area contributed by atoms with Crippen LogP contribution in [-0.2, 0) is 4.74 Å². The molecule has 106 valence electrons. The largest absolute Gasteiger partial charge is 0.497 e. The molecule has 0 saturated carbocycles. The van der Waals surface area contributed by atoms with E-state index in [-0.39, 0.29) is 11.9 Å². The van der Waals surface area contributed by atoms with Crippen molar-refractivity contribution in [3.8, 4) is 5.75 Å². The summed E-state index contributed by atoms with van der Waals surface area (Å²) in [5.41, 5.74) is 0.677. The molecule has 0 aliphatic rings. The van der Waals surface area contributed by atoms with E-state index >= 15 is 0 Å². The molecule has 0 aliphatic heterocycles. The van der Waals surface area contributed by atoms with Gasteiger partial charge in [0.25, 0.3) is 0 Å². The number of carbonyl (C=O) groups excluding carboxylic acids is 1. The SMILES string of the molecule is COc1cccc(C(=O)CN(C)CCOC(C)C)c1. The number of ether oxygens (including phenoxy) is 2. The van der Waals surface area contributed by atoms with Gasteiger partial charge < -0.3 is 9.47 Å². The molecule has 0 N–H and O–H groups in total. The second-order valence-corrected chi connectivity index (χ2v) is 4.81. The summed E-state index contributed by atoms with van der Waals surface area (Å²) < 4.78 is 10.6. The van der Waals surface area contributed by atoms with E-state index < -0.39 is 0 Å². The lowest BCUT2D eigenvalue weighted by Crippen LogP contribution is -2.29. The number of nitrogens with zero attached hydrogens (tertiary/aromatic N) is 1. The zero-order chi connectivity index (χ0) is 14.3. The number of Topliss-reactive ketones (excluding diaryl/α,β-unsaturated/α-hetero) is 1. The highest BCUT2D eigenvalue weighted by Crippen LogP contribution is 2.13. The monoisotopic (exact) mass is 265 g/mol.